The van der Waals surface area contributed by atoms with Crippen LogP contribution in [0.4, 0.5) is 5.69 Å². The van der Waals surface area contributed by atoms with Gasteiger partial charge in [0, 0.05) is 57.1 Å². The average molecular weight is 626 g/mol. The number of hydrogen-bond acceptors (Lipinski definition) is 5. The molecule has 8 heteroatoms. The summed E-state index contributed by atoms with van der Waals surface area (Å²) in [6, 6.07) is 25.2. The van der Waals surface area contributed by atoms with E-state index in [1.54, 1.807) is 48.3 Å². The van der Waals surface area contributed by atoms with Crippen LogP contribution in [0.25, 0.3) is 0 Å². The van der Waals surface area contributed by atoms with Crippen LogP contribution in [0.5, 0.6) is 0 Å². The van der Waals surface area contributed by atoms with Crippen molar-refractivity contribution in [2.45, 2.75) is 45.9 Å². The molecule has 4 rings (SSSR count). The Morgan fingerprint density at radius 3 is 1.89 bits per heavy atom. The summed E-state index contributed by atoms with van der Waals surface area (Å²) in [5.74, 6) is -0.535. The van der Waals surface area contributed by atoms with Crippen LogP contribution >= 0.6 is 0 Å². The number of amides is 3. The standard InChI is InChI=1S/C38H47N3O5/c1-27(2)25-39-26-33(45-5)35(46-6)31-21-13-14-22-32(31)40(36(42)29-17-9-7-10-18-29)23-15-16-24-41(34(28(3)4)38(39)44)37(43)30-19-11-8-12-20-30/h7-22,27-28,33-35H,23-26H2,1-6H3/b16-15+/t33-,34-,35-/m0/s1. The summed E-state index contributed by atoms with van der Waals surface area (Å²) in [6.07, 6.45) is 2.60. The third-order valence-corrected chi connectivity index (χ3v) is 8.25. The first-order chi connectivity index (χ1) is 22.2. The predicted molar refractivity (Wildman–Crippen MR) is 182 cm³/mol. The molecule has 3 atom stereocenters. The van der Waals surface area contributed by atoms with E-state index in [0.29, 0.717) is 23.4 Å². The minimum atomic E-state index is -0.730. The highest BCUT2D eigenvalue weighted by Gasteiger charge is 2.38. The summed E-state index contributed by atoms with van der Waals surface area (Å²) < 4.78 is 12.2. The first kappa shape index (κ1) is 34.6. The molecule has 0 saturated carbocycles. The monoisotopic (exact) mass is 625 g/mol. The molecule has 3 aromatic carbocycles. The van der Waals surface area contributed by atoms with Gasteiger partial charge in [-0.2, -0.15) is 0 Å². The maximum atomic E-state index is 14.6. The molecule has 1 aliphatic rings. The van der Waals surface area contributed by atoms with Crippen molar-refractivity contribution in [3.05, 3.63) is 114 Å². The number of rotatable bonds is 7. The quantitative estimate of drug-likeness (QED) is 0.290. The topological polar surface area (TPSA) is 79.4 Å². The summed E-state index contributed by atoms with van der Waals surface area (Å²) in [5.41, 5.74) is 2.53. The molecule has 3 amide bonds. The van der Waals surface area contributed by atoms with Gasteiger partial charge < -0.3 is 24.2 Å². The van der Waals surface area contributed by atoms with Crippen molar-refractivity contribution in [2.75, 3.05) is 45.3 Å². The van der Waals surface area contributed by atoms with E-state index in [9.17, 15) is 14.4 Å². The number of fused-ring (bicyclic) bond motifs is 1. The Balaban J connectivity index is 1.90. The van der Waals surface area contributed by atoms with Gasteiger partial charge in [0.25, 0.3) is 11.8 Å². The van der Waals surface area contributed by atoms with Gasteiger partial charge >= 0.3 is 0 Å². The number of nitrogens with zero attached hydrogens (tertiary/aromatic N) is 3. The normalized spacial score (nSPS) is 20.4. The maximum absolute atomic E-state index is 14.6. The minimum Gasteiger partial charge on any atom is -0.377 e. The van der Waals surface area contributed by atoms with Gasteiger partial charge in [0.05, 0.1) is 5.69 Å². The van der Waals surface area contributed by atoms with Gasteiger partial charge in [0.1, 0.15) is 18.2 Å². The van der Waals surface area contributed by atoms with E-state index in [2.05, 4.69) is 13.8 Å². The van der Waals surface area contributed by atoms with E-state index in [-0.39, 0.29) is 49.2 Å². The molecule has 244 valence electrons. The molecule has 46 heavy (non-hydrogen) atoms. The second-order valence-electron chi connectivity index (χ2n) is 12.4. The molecule has 0 saturated heterocycles. The highest BCUT2D eigenvalue weighted by atomic mass is 16.5. The van der Waals surface area contributed by atoms with Gasteiger partial charge in [0.2, 0.25) is 5.91 Å². The second kappa shape index (κ2) is 16.3. The van der Waals surface area contributed by atoms with Gasteiger partial charge in [0.15, 0.2) is 0 Å². The predicted octanol–water partition coefficient (Wildman–Crippen LogP) is 6.26. The number of ether oxygens (including phenoxy) is 2. The molecular weight excluding hydrogens is 578 g/mol. The Hall–Kier alpha value is -4.27. The second-order valence-corrected chi connectivity index (χ2v) is 12.4. The van der Waals surface area contributed by atoms with Crippen molar-refractivity contribution in [3.63, 3.8) is 0 Å². The Morgan fingerprint density at radius 2 is 1.33 bits per heavy atom. The molecule has 0 bridgehead atoms. The van der Waals surface area contributed by atoms with Crippen LogP contribution in [0.15, 0.2) is 97.1 Å². The number of para-hydroxylation sites is 1. The van der Waals surface area contributed by atoms with Crippen LogP contribution in [0, 0.1) is 11.8 Å². The highest BCUT2D eigenvalue weighted by Crippen LogP contribution is 2.34. The third-order valence-electron chi connectivity index (χ3n) is 8.25. The Labute approximate surface area is 273 Å². The lowest BCUT2D eigenvalue weighted by molar-refractivity contribution is -0.142. The number of anilines is 1. The lowest BCUT2D eigenvalue weighted by Gasteiger charge is -2.39. The molecular formula is C38H47N3O5. The molecule has 0 aromatic heterocycles. The maximum Gasteiger partial charge on any atom is 0.258 e. The smallest absolute Gasteiger partial charge is 0.258 e. The molecule has 1 heterocycles. The Bertz CT molecular complexity index is 1470. The summed E-state index contributed by atoms with van der Waals surface area (Å²) in [5, 5.41) is 0. The lowest BCUT2D eigenvalue weighted by Crippen LogP contribution is -2.56. The summed E-state index contributed by atoms with van der Waals surface area (Å²) in [6.45, 7) is 9.22. The fourth-order valence-corrected chi connectivity index (χ4v) is 6.09. The first-order valence-electron chi connectivity index (χ1n) is 16.0. The Kier molecular flexibility index (Phi) is 12.3. The molecule has 0 radical (unpaired) electrons. The first-order valence-corrected chi connectivity index (χ1v) is 16.0. The number of carbonyl (C=O) groups excluding carboxylic acids is 3. The highest BCUT2D eigenvalue weighted by molar-refractivity contribution is 6.06. The fraction of sp³-hybridized carbons (Fsp3) is 0.395. The van der Waals surface area contributed by atoms with Gasteiger partial charge in [-0.15, -0.1) is 0 Å². The van der Waals surface area contributed by atoms with E-state index in [1.807, 2.05) is 91.6 Å². The summed E-state index contributed by atoms with van der Waals surface area (Å²) in [7, 11) is 3.23. The van der Waals surface area contributed by atoms with Crippen LogP contribution in [-0.2, 0) is 14.3 Å². The van der Waals surface area contributed by atoms with Gasteiger partial charge in [-0.1, -0.05) is 94.4 Å². The van der Waals surface area contributed by atoms with Crippen LogP contribution in [0.1, 0.15) is 60.1 Å². The number of carbonyl (C=O) groups is 3. The zero-order chi connectivity index (χ0) is 33.2. The number of hydrogen-bond donors (Lipinski definition) is 0. The summed E-state index contributed by atoms with van der Waals surface area (Å²) >= 11 is 0. The Morgan fingerprint density at radius 1 is 0.761 bits per heavy atom. The molecule has 0 spiro atoms. The van der Waals surface area contributed by atoms with Gasteiger partial charge in [-0.3, -0.25) is 14.4 Å². The third kappa shape index (κ3) is 8.11. The molecule has 0 unspecified atom stereocenters. The molecule has 0 fully saturated rings. The number of methoxy groups -OCH3 is 2. The van der Waals surface area contributed by atoms with E-state index in [1.165, 1.54) is 0 Å². The summed E-state index contributed by atoms with van der Waals surface area (Å²) in [4.78, 5) is 47.9. The number of benzene rings is 3. The van der Waals surface area contributed by atoms with Crippen molar-refractivity contribution >= 4 is 23.4 Å². The SMILES string of the molecule is CO[C@H]1CN(CC(C)C)C(=O)[C@H](C(C)C)N(C(=O)c2ccccc2)C/C=C/CN(C(=O)c2ccccc2)c2ccccc2[C@@H]1OC. The molecule has 1 aliphatic heterocycles. The van der Waals surface area contributed by atoms with Crippen molar-refractivity contribution in [1.82, 2.24) is 9.80 Å². The van der Waals surface area contributed by atoms with Crippen LogP contribution in [-0.4, -0.2) is 80.1 Å². The van der Waals surface area contributed by atoms with Crippen LogP contribution < -0.4 is 4.90 Å². The van der Waals surface area contributed by atoms with Crippen LogP contribution in [0.3, 0.4) is 0 Å². The fourth-order valence-electron chi connectivity index (χ4n) is 6.09. The zero-order valence-corrected chi connectivity index (χ0v) is 27.8. The molecule has 0 aliphatic carbocycles. The molecule has 3 aromatic rings. The molecule has 0 N–H and O–H groups in total. The van der Waals surface area contributed by atoms with Crippen molar-refractivity contribution in [1.29, 1.82) is 0 Å². The van der Waals surface area contributed by atoms with Gasteiger partial charge in [-0.25, -0.2) is 0 Å². The van der Waals surface area contributed by atoms with Gasteiger partial charge in [-0.05, 0) is 42.2 Å². The largest absolute Gasteiger partial charge is 0.377 e. The molecule has 8 nitrogen and oxygen atoms in total. The van der Waals surface area contributed by atoms with Crippen molar-refractivity contribution in [3.8, 4) is 0 Å². The van der Waals surface area contributed by atoms with Crippen molar-refractivity contribution < 1.29 is 23.9 Å². The van der Waals surface area contributed by atoms with E-state index in [4.69, 9.17) is 9.47 Å². The van der Waals surface area contributed by atoms with Crippen molar-refractivity contribution in [2.24, 2.45) is 11.8 Å². The minimum absolute atomic E-state index is 0.135. The van der Waals surface area contributed by atoms with E-state index >= 15 is 0 Å². The van der Waals surface area contributed by atoms with E-state index < -0.39 is 18.2 Å². The average Bonchev–Trinajstić information content (AvgIpc) is 3.06. The lowest BCUT2D eigenvalue weighted by atomic mass is 9.96. The van der Waals surface area contributed by atoms with Crippen LogP contribution in [0.2, 0.25) is 0 Å². The van der Waals surface area contributed by atoms with E-state index in [0.717, 1.165) is 5.56 Å². The zero-order valence-electron chi connectivity index (χ0n) is 27.8.